The van der Waals surface area contributed by atoms with Gasteiger partial charge in [0.2, 0.25) is 0 Å². The predicted octanol–water partition coefficient (Wildman–Crippen LogP) is 1.11. The van der Waals surface area contributed by atoms with Crippen LogP contribution in [0.1, 0.15) is 26.7 Å². The number of methoxy groups -OCH3 is 1. The molecule has 1 heterocycles. The number of carbonyl (C=O) groups is 3. The van der Waals surface area contributed by atoms with Crippen molar-refractivity contribution in [3.8, 4) is 0 Å². The molecule has 0 aromatic rings. The summed E-state index contributed by atoms with van der Waals surface area (Å²) in [4.78, 5) is 30.0. The first-order chi connectivity index (χ1) is 8.88. The van der Waals surface area contributed by atoms with Crippen molar-refractivity contribution in [3.05, 3.63) is 24.3 Å². The lowest BCUT2D eigenvalue weighted by Gasteiger charge is -1.91. The van der Waals surface area contributed by atoms with Crippen LogP contribution in [0.25, 0.3) is 0 Å². The summed E-state index contributed by atoms with van der Waals surface area (Å²) in [6, 6.07) is 0. The number of nitrogens with two attached hydrogens (primary N) is 1. The first-order valence-electron chi connectivity index (χ1n) is 5.76. The Morgan fingerprint density at radius 3 is 1.89 bits per heavy atom. The number of unbranched alkanes of at least 4 members (excludes halogenated alkanes) is 1. The molecule has 0 fully saturated rings. The third-order valence-corrected chi connectivity index (χ3v) is 1.65. The molecule has 0 aromatic carbocycles. The van der Waals surface area contributed by atoms with E-state index in [2.05, 4.69) is 23.0 Å². The van der Waals surface area contributed by atoms with Gasteiger partial charge in [-0.3, -0.25) is 0 Å². The Kier molecular flexibility index (Phi) is 12.8. The molecule has 0 unspecified atom stereocenters. The first-order valence-corrected chi connectivity index (χ1v) is 5.76. The van der Waals surface area contributed by atoms with Crippen molar-refractivity contribution in [2.75, 3.05) is 13.7 Å². The van der Waals surface area contributed by atoms with Crippen LogP contribution in [0.3, 0.4) is 0 Å². The Bertz CT molecular complexity index is 329. The second-order valence-electron chi connectivity index (χ2n) is 3.49. The van der Waals surface area contributed by atoms with Crippen LogP contribution < -0.4 is 5.73 Å². The molecular formula is C13H21NO5. The van der Waals surface area contributed by atoms with E-state index in [0.29, 0.717) is 5.57 Å². The zero-order valence-corrected chi connectivity index (χ0v) is 11.6. The number of cyclic esters (lactones) is 2. The number of carbonyl (C=O) groups excluding carboxylic acids is 3. The summed E-state index contributed by atoms with van der Waals surface area (Å²) in [6.07, 6.45) is 4.56. The summed E-state index contributed by atoms with van der Waals surface area (Å²) in [5.41, 5.74) is 5.57. The lowest BCUT2D eigenvalue weighted by atomic mass is 10.3. The molecule has 0 bridgehead atoms. The van der Waals surface area contributed by atoms with Crippen LogP contribution in [0.5, 0.6) is 0 Å². The quantitative estimate of drug-likeness (QED) is 0.469. The van der Waals surface area contributed by atoms with Crippen LogP contribution in [-0.4, -0.2) is 31.6 Å². The normalized spacial score (nSPS) is 11.6. The van der Waals surface area contributed by atoms with Gasteiger partial charge in [-0.05, 0) is 19.9 Å². The topological polar surface area (TPSA) is 95.7 Å². The molecule has 2 N–H and O–H groups in total. The highest BCUT2D eigenvalue weighted by atomic mass is 16.6. The Labute approximate surface area is 113 Å². The highest BCUT2D eigenvalue weighted by molar-refractivity contribution is 6.04. The molecule has 0 aliphatic carbocycles. The molecule has 0 radical (unpaired) electrons. The first kappa shape index (κ1) is 19.4. The summed E-state index contributed by atoms with van der Waals surface area (Å²) < 4.78 is 8.25. The summed E-state index contributed by atoms with van der Waals surface area (Å²) in [5.74, 6) is -1.50. The van der Waals surface area contributed by atoms with Gasteiger partial charge in [0.15, 0.2) is 0 Å². The number of rotatable bonds is 3. The van der Waals surface area contributed by atoms with E-state index in [4.69, 9.17) is 5.73 Å². The number of hydrogen-bond acceptors (Lipinski definition) is 6. The van der Waals surface area contributed by atoms with Gasteiger partial charge in [-0.15, -0.1) is 0 Å². The van der Waals surface area contributed by atoms with E-state index in [1.54, 1.807) is 6.92 Å². The molecule has 19 heavy (non-hydrogen) atoms. The van der Waals surface area contributed by atoms with E-state index in [1.807, 2.05) is 0 Å². The van der Waals surface area contributed by atoms with Crippen molar-refractivity contribution >= 4 is 17.9 Å². The molecule has 1 rings (SSSR count). The zero-order chi connectivity index (χ0) is 15.3. The van der Waals surface area contributed by atoms with Crippen molar-refractivity contribution in [3.63, 3.8) is 0 Å². The van der Waals surface area contributed by atoms with Crippen LogP contribution in [0.2, 0.25) is 0 Å². The largest absolute Gasteiger partial charge is 0.466 e. The fourth-order valence-corrected chi connectivity index (χ4v) is 0.682. The monoisotopic (exact) mass is 271 g/mol. The van der Waals surface area contributed by atoms with E-state index in [9.17, 15) is 14.4 Å². The molecule has 0 amide bonds. The molecule has 6 nitrogen and oxygen atoms in total. The van der Waals surface area contributed by atoms with Crippen molar-refractivity contribution in [2.45, 2.75) is 26.7 Å². The summed E-state index contributed by atoms with van der Waals surface area (Å²) in [6.45, 7) is 7.93. The average Bonchev–Trinajstić information content (AvgIpc) is 2.74. The fraction of sp³-hybridized carbons (Fsp3) is 0.462. The van der Waals surface area contributed by atoms with Crippen molar-refractivity contribution in [1.29, 1.82) is 0 Å². The van der Waals surface area contributed by atoms with Crippen molar-refractivity contribution in [2.24, 2.45) is 5.73 Å². The van der Waals surface area contributed by atoms with E-state index in [0.717, 1.165) is 18.7 Å². The third kappa shape index (κ3) is 14.0. The van der Waals surface area contributed by atoms with Gasteiger partial charge in [0, 0.05) is 17.7 Å². The van der Waals surface area contributed by atoms with Gasteiger partial charge >= 0.3 is 17.9 Å². The average molecular weight is 271 g/mol. The second-order valence-corrected chi connectivity index (χ2v) is 3.49. The third-order valence-electron chi connectivity index (χ3n) is 1.65. The van der Waals surface area contributed by atoms with Gasteiger partial charge < -0.3 is 15.2 Å². The SMILES string of the molecule is C=C(C)C(=O)OC.CCCCN.O=C1C=CC(=O)O1. The second kappa shape index (κ2) is 12.5. The molecule has 0 aromatic heterocycles. The number of ether oxygens (including phenoxy) is 2. The van der Waals surface area contributed by atoms with Gasteiger partial charge in [-0.2, -0.15) is 0 Å². The van der Waals surface area contributed by atoms with Gasteiger partial charge in [0.25, 0.3) is 0 Å². The molecule has 6 heteroatoms. The highest BCUT2D eigenvalue weighted by Crippen LogP contribution is 1.92. The number of hydrogen-bond donors (Lipinski definition) is 1. The Balaban J connectivity index is 0. The Morgan fingerprint density at radius 2 is 1.84 bits per heavy atom. The van der Waals surface area contributed by atoms with E-state index in [-0.39, 0.29) is 5.97 Å². The van der Waals surface area contributed by atoms with Crippen molar-refractivity contribution in [1.82, 2.24) is 0 Å². The minimum absolute atomic E-state index is 0.347. The van der Waals surface area contributed by atoms with E-state index in [1.165, 1.54) is 20.0 Å². The molecule has 0 saturated carbocycles. The smallest absolute Gasteiger partial charge is 0.338 e. The summed E-state index contributed by atoms with van der Waals surface area (Å²) in [5, 5.41) is 0. The highest BCUT2D eigenvalue weighted by Gasteiger charge is 2.10. The van der Waals surface area contributed by atoms with Crippen LogP contribution in [0.4, 0.5) is 0 Å². The van der Waals surface area contributed by atoms with Crippen LogP contribution in [0, 0.1) is 0 Å². The zero-order valence-electron chi connectivity index (χ0n) is 11.6. The molecule has 0 spiro atoms. The Hall–Kier alpha value is -1.95. The van der Waals surface area contributed by atoms with E-state index < -0.39 is 11.9 Å². The predicted molar refractivity (Wildman–Crippen MR) is 71.0 cm³/mol. The summed E-state index contributed by atoms with van der Waals surface area (Å²) >= 11 is 0. The lowest BCUT2D eigenvalue weighted by Crippen LogP contribution is -1.98. The van der Waals surface area contributed by atoms with Crippen LogP contribution in [0.15, 0.2) is 24.3 Å². The van der Waals surface area contributed by atoms with Gasteiger partial charge in [0.05, 0.1) is 7.11 Å². The maximum Gasteiger partial charge on any atom is 0.338 e. The minimum atomic E-state index is -0.579. The number of esters is 3. The van der Waals surface area contributed by atoms with Gasteiger partial charge in [0.1, 0.15) is 0 Å². The van der Waals surface area contributed by atoms with Crippen molar-refractivity contribution < 1.29 is 23.9 Å². The van der Waals surface area contributed by atoms with Crippen LogP contribution in [-0.2, 0) is 23.9 Å². The minimum Gasteiger partial charge on any atom is -0.466 e. The maximum absolute atomic E-state index is 10.2. The summed E-state index contributed by atoms with van der Waals surface area (Å²) in [7, 11) is 1.33. The van der Waals surface area contributed by atoms with E-state index >= 15 is 0 Å². The maximum atomic E-state index is 10.2. The van der Waals surface area contributed by atoms with Gasteiger partial charge in [-0.1, -0.05) is 19.9 Å². The molecule has 108 valence electrons. The molecule has 1 aliphatic rings. The fourth-order valence-electron chi connectivity index (χ4n) is 0.682. The van der Waals surface area contributed by atoms with Gasteiger partial charge in [-0.25, -0.2) is 14.4 Å². The molecule has 1 aliphatic heterocycles. The molecule has 0 atom stereocenters. The standard InChI is InChI=1S/C5H8O2.C4H11N.C4H2O3/c1-4(2)5(6)7-3;1-2-3-4-5;5-3-1-2-4(6)7-3/h1H2,2-3H3;2-5H2,1H3;1-2H. The lowest BCUT2D eigenvalue weighted by molar-refractivity contribution is -0.150. The van der Waals surface area contributed by atoms with Crippen LogP contribution >= 0.6 is 0 Å². The molecule has 0 saturated heterocycles. The Morgan fingerprint density at radius 1 is 1.37 bits per heavy atom. The molecular weight excluding hydrogens is 250 g/mol.